The van der Waals surface area contributed by atoms with Gasteiger partial charge in [-0.05, 0) is 48.4 Å². The molecule has 0 heterocycles. The van der Waals surface area contributed by atoms with E-state index in [1.165, 1.54) is 12.1 Å². The Morgan fingerprint density at radius 1 is 1.10 bits per heavy atom. The summed E-state index contributed by atoms with van der Waals surface area (Å²) in [6.07, 6.45) is 0.821. The zero-order valence-electron chi connectivity index (χ0n) is 11.4. The highest BCUT2D eigenvalue weighted by Crippen LogP contribution is 2.27. The van der Waals surface area contributed by atoms with Crippen molar-refractivity contribution < 1.29 is 4.39 Å². The number of benzene rings is 2. The van der Waals surface area contributed by atoms with Crippen molar-refractivity contribution in [2.24, 2.45) is 5.73 Å². The van der Waals surface area contributed by atoms with Crippen LogP contribution in [0.3, 0.4) is 0 Å². The van der Waals surface area contributed by atoms with E-state index in [1.807, 2.05) is 30.1 Å². The summed E-state index contributed by atoms with van der Waals surface area (Å²) >= 11 is 6.31. The second-order valence-electron chi connectivity index (χ2n) is 4.81. The predicted molar refractivity (Wildman–Crippen MR) is 82.7 cm³/mol. The lowest BCUT2D eigenvalue weighted by Crippen LogP contribution is -2.17. The predicted octanol–water partition coefficient (Wildman–Crippen LogP) is 3.62. The Balaban J connectivity index is 2.12. The number of rotatable bonds is 5. The lowest BCUT2D eigenvalue weighted by atomic mass is 10.1. The summed E-state index contributed by atoms with van der Waals surface area (Å²) in [6, 6.07) is 12.5. The van der Waals surface area contributed by atoms with E-state index < -0.39 is 0 Å². The van der Waals surface area contributed by atoms with Crippen molar-refractivity contribution in [3.05, 3.63) is 64.4 Å². The molecular formula is C16H18ClFN2. The number of nitrogens with two attached hydrogens (primary N) is 1. The molecule has 0 fully saturated rings. The molecule has 0 aliphatic heterocycles. The van der Waals surface area contributed by atoms with Crippen LogP contribution in [0.5, 0.6) is 0 Å². The van der Waals surface area contributed by atoms with Crippen LogP contribution in [0.2, 0.25) is 5.02 Å². The fourth-order valence-corrected chi connectivity index (χ4v) is 2.48. The normalized spacial score (nSPS) is 10.6. The minimum absolute atomic E-state index is 0.222. The average molecular weight is 293 g/mol. The Morgan fingerprint density at radius 2 is 1.75 bits per heavy atom. The van der Waals surface area contributed by atoms with Crippen LogP contribution >= 0.6 is 11.6 Å². The lowest BCUT2D eigenvalue weighted by molar-refractivity contribution is 0.627. The van der Waals surface area contributed by atoms with Gasteiger partial charge in [-0.25, -0.2) is 4.39 Å². The van der Waals surface area contributed by atoms with E-state index in [1.54, 1.807) is 12.1 Å². The molecule has 0 radical (unpaired) electrons. The maximum absolute atomic E-state index is 12.9. The van der Waals surface area contributed by atoms with Gasteiger partial charge in [0.2, 0.25) is 0 Å². The zero-order valence-corrected chi connectivity index (χ0v) is 12.2. The Labute approximate surface area is 124 Å². The summed E-state index contributed by atoms with van der Waals surface area (Å²) in [6.45, 7) is 1.29. The fraction of sp³-hybridized carbons (Fsp3) is 0.250. The van der Waals surface area contributed by atoms with E-state index >= 15 is 0 Å². The number of hydrogen-bond acceptors (Lipinski definition) is 2. The Morgan fingerprint density at radius 3 is 2.35 bits per heavy atom. The van der Waals surface area contributed by atoms with Gasteiger partial charge in [-0.3, -0.25) is 0 Å². The van der Waals surface area contributed by atoms with Gasteiger partial charge in [0.1, 0.15) is 5.82 Å². The zero-order chi connectivity index (χ0) is 14.5. The van der Waals surface area contributed by atoms with E-state index in [-0.39, 0.29) is 5.82 Å². The van der Waals surface area contributed by atoms with E-state index in [2.05, 4.69) is 0 Å². The van der Waals surface area contributed by atoms with Crippen LogP contribution in [-0.4, -0.2) is 13.6 Å². The summed E-state index contributed by atoms with van der Waals surface area (Å²) in [5, 5.41) is 0.709. The number of anilines is 1. The molecular weight excluding hydrogens is 275 g/mol. The van der Waals surface area contributed by atoms with Crippen molar-refractivity contribution in [3.8, 4) is 0 Å². The smallest absolute Gasteiger partial charge is 0.123 e. The van der Waals surface area contributed by atoms with Gasteiger partial charge in [0.25, 0.3) is 0 Å². The molecule has 4 heteroatoms. The first-order valence-corrected chi connectivity index (χ1v) is 6.92. The van der Waals surface area contributed by atoms with Crippen LogP contribution in [0.25, 0.3) is 0 Å². The summed E-state index contributed by atoms with van der Waals surface area (Å²) < 4.78 is 12.9. The van der Waals surface area contributed by atoms with Crippen molar-refractivity contribution in [2.45, 2.75) is 13.0 Å². The van der Waals surface area contributed by atoms with Crippen molar-refractivity contribution >= 4 is 17.3 Å². The highest BCUT2D eigenvalue weighted by molar-refractivity contribution is 6.33. The van der Waals surface area contributed by atoms with Gasteiger partial charge in [-0.1, -0.05) is 29.8 Å². The molecule has 0 aromatic heterocycles. The molecule has 0 atom stereocenters. The maximum atomic E-state index is 12.9. The molecule has 2 aromatic carbocycles. The highest BCUT2D eigenvalue weighted by atomic mass is 35.5. The largest absolute Gasteiger partial charge is 0.369 e. The second-order valence-corrected chi connectivity index (χ2v) is 5.21. The monoisotopic (exact) mass is 292 g/mol. The van der Waals surface area contributed by atoms with Crippen LogP contribution in [0.15, 0.2) is 42.5 Å². The fourth-order valence-electron chi connectivity index (χ4n) is 2.13. The molecule has 0 saturated carbocycles. The van der Waals surface area contributed by atoms with Crippen LogP contribution in [0, 0.1) is 5.82 Å². The quantitative estimate of drug-likeness (QED) is 0.912. The first-order chi connectivity index (χ1) is 9.60. The Bertz CT molecular complexity index is 569. The van der Waals surface area contributed by atoms with Gasteiger partial charge in [-0.15, -0.1) is 0 Å². The standard InChI is InChI=1S/C16H18ClFN2/c1-20(11-13-2-5-14(18)6-3-13)16-7-4-12(8-9-19)10-15(16)17/h2-7,10H,8-9,11,19H2,1H3. The SMILES string of the molecule is CN(Cc1ccc(F)cc1)c1ccc(CCN)cc1Cl. The molecule has 0 spiro atoms. The molecule has 106 valence electrons. The summed E-state index contributed by atoms with van der Waals surface area (Å²) in [5.74, 6) is -0.222. The van der Waals surface area contributed by atoms with Gasteiger partial charge in [0.05, 0.1) is 10.7 Å². The van der Waals surface area contributed by atoms with Crippen molar-refractivity contribution in [1.82, 2.24) is 0 Å². The summed E-state index contributed by atoms with van der Waals surface area (Å²) in [4.78, 5) is 2.04. The number of halogens is 2. The maximum Gasteiger partial charge on any atom is 0.123 e. The minimum atomic E-state index is -0.222. The molecule has 0 saturated heterocycles. The van der Waals surface area contributed by atoms with Gasteiger partial charge < -0.3 is 10.6 Å². The van der Waals surface area contributed by atoms with E-state index in [9.17, 15) is 4.39 Å². The topological polar surface area (TPSA) is 29.3 Å². The molecule has 0 aliphatic carbocycles. The molecule has 2 aromatic rings. The van der Waals surface area contributed by atoms with E-state index in [0.29, 0.717) is 18.1 Å². The van der Waals surface area contributed by atoms with Crippen molar-refractivity contribution in [2.75, 3.05) is 18.5 Å². The number of nitrogens with zero attached hydrogens (tertiary/aromatic N) is 1. The molecule has 2 N–H and O–H groups in total. The summed E-state index contributed by atoms with van der Waals surface area (Å²) in [7, 11) is 1.97. The van der Waals surface area contributed by atoms with Crippen LogP contribution in [-0.2, 0) is 13.0 Å². The van der Waals surface area contributed by atoms with Gasteiger partial charge in [0, 0.05) is 13.6 Å². The molecule has 2 nitrogen and oxygen atoms in total. The van der Waals surface area contributed by atoms with Crippen molar-refractivity contribution in [3.63, 3.8) is 0 Å². The number of hydrogen-bond donors (Lipinski definition) is 1. The summed E-state index contributed by atoms with van der Waals surface area (Å²) in [5.41, 5.74) is 8.67. The Kier molecular flexibility index (Phi) is 4.99. The third-order valence-electron chi connectivity index (χ3n) is 3.19. The van der Waals surface area contributed by atoms with Gasteiger partial charge in [-0.2, -0.15) is 0 Å². The van der Waals surface area contributed by atoms with Crippen molar-refractivity contribution in [1.29, 1.82) is 0 Å². The lowest BCUT2D eigenvalue weighted by Gasteiger charge is -2.21. The van der Waals surface area contributed by atoms with Crippen LogP contribution in [0.1, 0.15) is 11.1 Å². The van der Waals surface area contributed by atoms with E-state index in [4.69, 9.17) is 17.3 Å². The first-order valence-electron chi connectivity index (χ1n) is 6.54. The first kappa shape index (κ1) is 14.8. The van der Waals surface area contributed by atoms with Crippen LogP contribution in [0.4, 0.5) is 10.1 Å². The molecule has 0 amide bonds. The highest BCUT2D eigenvalue weighted by Gasteiger charge is 2.08. The Hall–Kier alpha value is -1.58. The molecule has 0 unspecified atom stereocenters. The molecule has 20 heavy (non-hydrogen) atoms. The van der Waals surface area contributed by atoms with Gasteiger partial charge >= 0.3 is 0 Å². The average Bonchev–Trinajstić information content (AvgIpc) is 2.42. The third kappa shape index (κ3) is 3.71. The van der Waals surface area contributed by atoms with Gasteiger partial charge in [0.15, 0.2) is 0 Å². The third-order valence-corrected chi connectivity index (χ3v) is 3.49. The molecule has 2 rings (SSSR count). The molecule has 0 bridgehead atoms. The molecule has 0 aliphatic rings. The second kappa shape index (κ2) is 6.73. The van der Waals surface area contributed by atoms with E-state index in [0.717, 1.165) is 23.2 Å². The van der Waals surface area contributed by atoms with Crippen LogP contribution < -0.4 is 10.6 Å². The minimum Gasteiger partial charge on any atom is -0.369 e.